The van der Waals surface area contributed by atoms with Crippen LogP contribution in [0.4, 0.5) is 0 Å². The first kappa shape index (κ1) is 14.8. The van der Waals surface area contributed by atoms with Crippen LogP contribution >= 0.6 is 0 Å². The highest BCUT2D eigenvalue weighted by atomic mass is 16.4. The third-order valence-corrected chi connectivity index (χ3v) is 4.81. The van der Waals surface area contributed by atoms with Gasteiger partial charge in [-0.05, 0) is 38.1 Å². The zero-order valence-corrected chi connectivity index (χ0v) is 12.3. The van der Waals surface area contributed by atoms with Crippen LogP contribution in [-0.2, 0) is 4.79 Å². The first-order valence-electron chi connectivity index (χ1n) is 7.81. The van der Waals surface area contributed by atoms with Crippen molar-refractivity contribution in [3.63, 3.8) is 0 Å². The first-order chi connectivity index (χ1) is 9.11. The second kappa shape index (κ2) is 6.71. The molecule has 4 nitrogen and oxygen atoms in total. The van der Waals surface area contributed by atoms with Crippen LogP contribution < -0.4 is 0 Å². The number of carboxylic acids is 1. The van der Waals surface area contributed by atoms with Crippen LogP contribution in [0.15, 0.2) is 0 Å². The molecule has 1 saturated carbocycles. The molecule has 1 heterocycles. The molecule has 0 radical (unpaired) electrons. The molecule has 1 saturated heterocycles. The minimum Gasteiger partial charge on any atom is -0.481 e. The van der Waals surface area contributed by atoms with Gasteiger partial charge < -0.3 is 10.0 Å². The zero-order valence-electron chi connectivity index (χ0n) is 12.3. The number of rotatable bonds is 4. The molecule has 1 aliphatic carbocycles. The number of carbonyl (C=O) groups is 1. The molecule has 110 valence electrons. The summed E-state index contributed by atoms with van der Waals surface area (Å²) in [7, 11) is 0. The van der Waals surface area contributed by atoms with Gasteiger partial charge in [0.05, 0.1) is 5.92 Å². The predicted molar refractivity (Wildman–Crippen MR) is 76.2 cm³/mol. The van der Waals surface area contributed by atoms with Gasteiger partial charge in [0.15, 0.2) is 0 Å². The van der Waals surface area contributed by atoms with E-state index >= 15 is 0 Å². The van der Waals surface area contributed by atoms with Gasteiger partial charge in [-0.2, -0.15) is 0 Å². The van der Waals surface area contributed by atoms with Crippen molar-refractivity contribution in [1.29, 1.82) is 0 Å². The average molecular weight is 268 g/mol. The Morgan fingerprint density at radius 3 is 2.47 bits per heavy atom. The topological polar surface area (TPSA) is 43.8 Å². The summed E-state index contributed by atoms with van der Waals surface area (Å²) in [6.07, 6.45) is 4.20. The molecule has 3 atom stereocenters. The Morgan fingerprint density at radius 2 is 1.89 bits per heavy atom. The summed E-state index contributed by atoms with van der Waals surface area (Å²) in [5.41, 5.74) is 0. The van der Waals surface area contributed by atoms with E-state index in [0.717, 1.165) is 45.4 Å². The van der Waals surface area contributed by atoms with Crippen LogP contribution in [0.3, 0.4) is 0 Å². The normalized spacial score (nSPS) is 34.3. The van der Waals surface area contributed by atoms with E-state index in [0.29, 0.717) is 5.92 Å². The maximum Gasteiger partial charge on any atom is 0.308 e. The average Bonchev–Trinajstić information content (AvgIpc) is 2.39. The van der Waals surface area contributed by atoms with E-state index in [1.54, 1.807) is 0 Å². The predicted octanol–water partition coefficient (Wildman–Crippen LogP) is 1.90. The van der Waals surface area contributed by atoms with E-state index in [1.807, 2.05) is 0 Å². The van der Waals surface area contributed by atoms with Crippen LogP contribution in [-0.4, -0.2) is 59.6 Å². The summed E-state index contributed by atoms with van der Waals surface area (Å²) in [5.74, 6) is -0.0592. The molecule has 1 N–H and O–H groups in total. The van der Waals surface area contributed by atoms with E-state index in [2.05, 4.69) is 23.6 Å². The maximum atomic E-state index is 11.4. The van der Waals surface area contributed by atoms with Crippen molar-refractivity contribution in [3.8, 4) is 0 Å². The largest absolute Gasteiger partial charge is 0.481 e. The quantitative estimate of drug-likeness (QED) is 0.846. The third-order valence-electron chi connectivity index (χ3n) is 4.81. The Bertz CT molecular complexity index is 301. The number of hydrogen-bond acceptors (Lipinski definition) is 3. The summed E-state index contributed by atoms with van der Waals surface area (Å²) in [4.78, 5) is 16.4. The lowest BCUT2D eigenvalue weighted by Gasteiger charge is -2.44. The zero-order chi connectivity index (χ0) is 13.8. The van der Waals surface area contributed by atoms with Gasteiger partial charge in [0.25, 0.3) is 0 Å². The Kier molecular flexibility index (Phi) is 5.22. The highest BCUT2D eigenvalue weighted by Gasteiger charge is 2.37. The van der Waals surface area contributed by atoms with Crippen LogP contribution in [0, 0.1) is 11.8 Å². The molecular formula is C15H28N2O2. The van der Waals surface area contributed by atoms with E-state index in [9.17, 15) is 9.90 Å². The standard InChI is InChI=1S/C15H28N2O2/c1-3-6-16-7-9-17(10-8-16)14-11-12(2)4-5-13(14)15(18)19/h12-14H,3-11H2,1-2H3,(H,18,19). The molecule has 2 aliphatic rings. The molecular weight excluding hydrogens is 240 g/mol. The molecule has 4 heteroatoms. The van der Waals surface area contributed by atoms with Gasteiger partial charge in [-0.3, -0.25) is 9.69 Å². The van der Waals surface area contributed by atoms with Crippen molar-refractivity contribution >= 4 is 5.97 Å². The Morgan fingerprint density at radius 1 is 1.21 bits per heavy atom. The van der Waals surface area contributed by atoms with Gasteiger partial charge in [-0.1, -0.05) is 13.8 Å². The molecule has 19 heavy (non-hydrogen) atoms. The van der Waals surface area contributed by atoms with Gasteiger partial charge in [-0.15, -0.1) is 0 Å². The van der Waals surface area contributed by atoms with Crippen LogP contribution in [0.1, 0.15) is 39.5 Å². The SMILES string of the molecule is CCCN1CCN(C2CC(C)CCC2C(=O)O)CC1. The van der Waals surface area contributed by atoms with Gasteiger partial charge in [0, 0.05) is 32.2 Å². The van der Waals surface area contributed by atoms with Crippen molar-refractivity contribution in [2.24, 2.45) is 11.8 Å². The van der Waals surface area contributed by atoms with E-state index < -0.39 is 5.97 Å². The van der Waals surface area contributed by atoms with Crippen molar-refractivity contribution < 1.29 is 9.90 Å². The Hall–Kier alpha value is -0.610. The molecule has 0 amide bonds. The maximum absolute atomic E-state index is 11.4. The summed E-state index contributed by atoms with van der Waals surface area (Å²) in [6.45, 7) is 9.95. The highest BCUT2D eigenvalue weighted by molar-refractivity contribution is 5.71. The summed E-state index contributed by atoms with van der Waals surface area (Å²) >= 11 is 0. The van der Waals surface area contributed by atoms with E-state index in [-0.39, 0.29) is 12.0 Å². The van der Waals surface area contributed by atoms with Crippen molar-refractivity contribution in [1.82, 2.24) is 9.80 Å². The second-order valence-corrected chi connectivity index (χ2v) is 6.31. The number of nitrogens with zero attached hydrogens (tertiary/aromatic N) is 2. The van der Waals surface area contributed by atoms with Crippen molar-refractivity contribution in [2.75, 3.05) is 32.7 Å². The first-order valence-corrected chi connectivity index (χ1v) is 7.81. The van der Waals surface area contributed by atoms with Gasteiger partial charge in [0.1, 0.15) is 0 Å². The van der Waals surface area contributed by atoms with E-state index in [1.165, 1.54) is 13.0 Å². The fourth-order valence-corrected chi connectivity index (χ4v) is 3.68. The minimum absolute atomic E-state index is 0.145. The minimum atomic E-state index is -0.590. The van der Waals surface area contributed by atoms with Gasteiger partial charge >= 0.3 is 5.97 Å². The smallest absolute Gasteiger partial charge is 0.308 e. The van der Waals surface area contributed by atoms with Crippen molar-refractivity contribution in [3.05, 3.63) is 0 Å². The molecule has 2 rings (SSSR count). The molecule has 0 aromatic carbocycles. The number of hydrogen-bond donors (Lipinski definition) is 1. The van der Waals surface area contributed by atoms with Crippen LogP contribution in [0.25, 0.3) is 0 Å². The molecule has 2 fully saturated rings. The molecule has 0 bridgehead atoms. The monoisotopic (exact) mass is 268 g/mol. The summed E-state index contributed by atoms with van der Waals surface area (Å²) < 4.78 is 0. The van der Waals surface area contributed by atoms with Gasteiger partial charge in [0.2, 0.25) is 0 Å². The summed E-state index contributed by atoms with van der Waals surface area (Å²) in [6, 6.07) is 0.269. The van der Waals surface area contributed by atoms with Crippen LogP contribution in [0.5, 0.6) is 0 Å². The molecule has 0 aromatic heterocycles. The highest BCUT2D eigenvalue weighted by Crippen LogP contribution is 2.32. The molecule has 3 unspecified atom stereocenters. The lowest BCUT2D eigenvalue weighted by molar-refractivity contribution is -0.146. The molecule has 1 aliphatic heterocycles. The fourth-order valence-electron chi connectivity index (χ4n) is 3.68. The summed E-state index contributed by atoms with van der Waals surface area (Å²) in [5, 5.41) is 9.42. The van der Waals surface area contributed by atoms with E-state index in [4.69, 9.17) is 0 Å². The second-order valence-electron chi connectivity index (χ2n) is 6.31. The van der Waals surface area contributed by atoms with Crippen LogP contribution in [0.2, 0.25) is 0 Å². The van der Waals surface area contributed by atoms with Crippen molar-refractivity contribution in [2.45, 2.75) is 45.6 Å². The number of aliphatic carboxylic acids is 1. The lowest BCUT2D eigenvalue weighted by atomic mass is 9.78. The third kappa shape index (κ3) is 3.69. The molecule has 0 spiro atoms. The number of piperazine rings is 1. The Labute approximate surface area is 116 Å². The number of carboxylic acid groups (broad SMARTS) is 1. The van der Waals surface area contributed by atoms with Gasteiger partial charge in [-0.25, -0.2) is 0 Å². The lowest BCUT2D eigenvalue weighted by Crippen LogP contribution is -2.54. The molecule has 0 aromatic rings. The Balaban J connectivity index is 1.93. The fraction of sp³-hybridized carbons (Fsp3) is 0.933.